The molecule has 0 atom stereocenters. The Kier molecular flexibility index (Phi) is 3.23. The molecule has 0 amide bonds. The summed E-state index contributed by atoms with van der Waals surface area (Å²) in [5.74, 6) is -0.715. The molecule has 78 valence electrons. The lowest BCUT2D eigenvalue weighted by molar-refractivity contribution is 0.478. The van der Waals surface area contributed by atoms with Crippen LogP contribution in [0, 0.1) is 5.82 Å². The van der Waals surface area contributed by atoms with Gasteiger partial charge in [0.1, 0.15) is 10.7 Å². The molecule has 0 aliphatic rings. The summed E-state index contributed by atoms with van der Waals surface area (Å²) in [5, 5.41) is 0. The molecule has 0 heterocycles. The first-order valence-corrected chi connectivity index (χ1v) is 5.65. The third-order valence-corrected chi connectivity index (χ3v) is 3.94. The molecule has 0 bridgehead atoms. The molecule has 0 aromatic heterocycles. The van der Waals surface area contributed by atoms with E-state index >= 15 is 0 Å². The Labute approximate surface area is 83.2 Å². The summed E-state index contributed by atoms with van der Waals surface area (Å²) in [5.41, 5.74) is 0. The molecule has 0 saturated carbocycles. The maximum absolute atomic E-state index is 13.2. The van der Waals surface area contributed by atoms with Gasteiger partial charge in [-0.1, -0.05) is 19.1 Å². The van der Waals surface area contributed by atoms with Crippen molar-refractivity contribution in [3.05, 3.63) is 30.1 Å². The summed E-state index contributed by atoms with van der Waals surface area (Å²) in [6.07, 6.45) is 0. The average Bonchev–Trinajstić information content (AvgIpc) is 2.17. The van der Waals surface area contributed by atoms with Crippen molar-refractivity contribution in [1.29, 1.82) is 0 Å². The van der Waals surface area contributed by atoms with Crippen LogP contribution < -0.4 is 0 Å². The Balaban J connectivity index is 3.24. The molecule has 0 unspecified atom stereocenters. The minimum Gasteiger partial charge on any atom is -0.207 e. The Bertz CT molecular complexity index is 417. The molecule has 0 spiro atoms. The molecule has 5 heteroatoms. The van der Waals surface area contributed by atoms with E-state index < -0.39 is 15.8 Å². The van der Waals surface area contributed by atoms with Gasteiger partial charge in [0.15, 0.2) is 0 Å². The number of halogens is 1. The van der Waals surface area contributed by atoms with Crippen molar-refractivity contribution in [2.45, 2.75) is 11.8 Å². The van der Waals surface area contributed by atoms with Gasteiger partial charge in [-0.05, 0) is 12.1 Å². The lowest BCUT2D eigenvalue weighted by Crippen LogP contribution is -2.27. The van der Waals surface area contributed by atoms with Gasteiger partial charge in [0.05, 0.1) is 0 Å². The predicted octanol–water partition coefficient (Wildman–Crippen LogP) is 1.47. The van der Waals surface area contributed by atoms with Crippen LogP contribution in [-0.2, 0) is 10.0 Å². The zero-order valence-corrected chi connectivity index (χ0v) is 8.88. The molecule has 0 saturated heterocycles. The molecule has 0 radical (unpaired) electrons. The Morgan fingerprint density at radius 3 is 2.43 bits per heavy atom. The highest BCUT2D eigenvalue weighted by Crippen LogP contribution is 2.17. The standard InChI is InChI=1S/C9H12FNO2S/c1-3-11(2)14(12,13)9-7-5-4-6-8(9)10/h4-7H,3H2,1-2H3. The molecule has 3 nitrogen and oxygen atoms in total. The number of sulfonamides is 1. The number of rotatable bonds is 3. The molecule has 0 aliphatic heterocycles. The van der Waals surface area contributed by atoms with Crippen molar-refractivity contribution in [2.24, 2.45) is 0 Å². The van der Waals surface area contributed by atoms with E-state index in [2.05, 4.69) is 0 Å². The van der Waals surface area contributed by atoms with Crippen LogP contribution in [0.2, 0.25) is 0 Å². The van der Waals surface area contributed by atoms with E-state index in [1.165, 1.54) is 25.2 Å². The minimum absolute atomic E-state index is 0.274. The van der Waals surface area contributed by atoms with Gasteiger partial charge in [-0.15, -0.1) is 0 Å². The van der Waals surface area contributed by atoms with Crippen molar-refractivity contribution in [1.82, 2.24) is 4.31 Å². The van der Waals surface area contributed by atoms with Crippen LogP contribution in [0.15, 0.2) is 29.2 Å². The van der Waals surface area contributed by atoms with E-state index in [1.807, 2.05) is 0 Å². The molecule has 1 rings (SSSR count). The van der Waals surface area contributed by atoms with Crippen LogP contribution in [0.3, 0.4) is 0 Å². The lowest BCUT2D eigenvalue weighted by atomic mass is 10.4. The first kappa shape index (κ1) is 11.1. The molecule has 0 aliphatic carbocycles. The predicted molar refractivity (Wildman–Crippen MR) is 51.9 cm³/mol. The van der Waals surface area contributed by atoms with Gasteiger partial charge >= 0.3 is 0 Å². The van der Waals surface area contributed by atoms with E-state index in [9.17, 15) is 12.8 Å². The summed E-state index contributed by atoms with van der Waals surface area (Å²) < 4.78 is 37.6. The second-order valence-electron chi connectivity index (χ2n) is 2.85. The fourth-order valence-electron chi connectivity index (χ4n) is 0.992. The number of benzene rings is 1. The van der Waals surface area contributed by atoms with Crippen LogP contribution in [0.4, 0.5) is 4.39 Å². The van der Waals surface area contributed by atoms with Gasteiger partial charge in [0.2, 0.25) is 10.0 Å². The summed E-state index contributed by atoms with van der Waals surface area (Å²) in [7, 11) is -2.24. The second-order valence-corrected chi connectivity index (χ2v) is 4.86. The normalized spacial score (nSPS) is 12.0. The summed E-state index contributed by atoms with van der Waals surface area (Å²) in [6, 6.07) is 5.35. The molecular formula is C9H12FNO2S. The van der Waals surface area contributed by atoms with Crippen LogP contribution in [0.1, 0.15) is 6.92 Å². The molecule has 14 heavy (non-hydrogen) atoms. The molecule has 0 N–H and O–H groups in total. The van der Waals surface area contributed by atoms with Crippen LogP contribution in [0.5, 0.6) is 0 Å². The largest absolute Gasteiger partial charge is 0.245 e. The third-order valence-electron chi connectivity index (χ3n) is 1.97. The van der Waals surface area contributed by atoms with Gasteiger partial charge in [0.25, 0.3) is 0 Å². The lowest BCUT2D eigenvalue weighted by Gasteiger charge is -2.14. The topological polar surface area (TPSA) is 37.4 Å². The fourth-order valence-corrected chi connectivity index (χ4v) is 2.23. The van der Waals surface area contributed by atoms with E-state index in [0.29, 0.717) is 6.54 Å². The quantitative estimate of drug-likeness (QED) is 0.768. The first-order valence-electron chi connectivity index (χ1n) is 4.21. The number of nitrogens with zero attached hydrogens (tertiary/aromatic N) is 1. The Morgan fingerprint density at radius 2 is 1.93 bits per heavy atom. The van der Waals surface area contributed by atoms with Crippen LogP contribution in [-0.4, -0.2) is 26.3 Å². The highest BCUT2D eigenvalue weighted by molar-refractivity contribution is 7.89. The van der Waals surface area contributed by atoms with E-state index in [4.69, 9.17) is 0 Å². The van der Waals surface area contributed by atoms with Crippen LogP contribution in [0.25, 0.3) is 0 Å². The minimum atomic E-state index is -3.66. The van der Waals surface area contributed by atoms with Crippen molar-refractivity contribution in [3.63, 3.8) is 0 Å². The van der Waals surface area contributed by atoms with E-state index in [0.717, 1.165) is 10.4 Å². The average molecular weight is 217 g/mol. The Morgan fingerprint density at radius 1 is 1.36 bits per heavy atom. The van der Waals surface area contributed by atoms with Crippen molar-refractivity contribution >= 4 is 10.0 Å². The summed E-state index contributed by atoms with van der Waals surface area (Å²) in [4.78, 5) is -0.274. The third kappa shape index (κ3) is 1.93. The smallest absolute Gasteiger partial charge is 0.207 e. The monoisotopic (exact) mass is 217 g/mol. The van der Waals surface area contributed by atoms with Gasteiger partial charge in [0, 0.05) is 13.6 Å². The van der Waals surface area contributed by atoms with Crippen molar-refractivity contribution in [3.8, 4) is 0 Å². The molecule has 1 aromatic carbocycles. The SMILES string of the molecule is CCN(C)S(=O)(=O)c1ccccc1F. The molecular weight excluding hydrogens is 205 g/mol. The highest BCUT2D eigenvalue weighted by Gasteiger charge is 2.22. The number of hydrogen-bond acceptors (Lipinski definition) is 2. The molecule has 1 aromatic rings. The maximum atomic E-state index is 13.2. The van der Waals surface area contributed by atoms with Crippen LogP contribution >= 0.6 is 0 Å². The number of hydrogen-bond donors (Lipinski definition) is 0. The van der Waals surface area contributed by atoms with Gasteiger partial charge in [-0.3, -0.25) is 0 Å². The zero-order valence-electron chi connectivity index (χ0n) is 8.07. The highest BCUT2D eigenvalue weighted by atomic mass is 32.2. The van der Waals surface area contributed by atoms with Gasteiger partial charge in [-0.25, -0.2) is 17.1 Å². The van der Waals surface area contributed by atoms with Crippen molar-refractivity contribution < 1.29 is 12.8 Å². The van der Waals surface area contributed by atoms with Crippen molar-refractivity contribution in [2.75, 3.05) is 13.6 Å². The zero-order chi connectivity index (χ0) is 10.8. The maximum Gasteiger partial charge on any atom is 0.245 e. The molecule has 0 fully saturated rings. The van der Waals surface area contributed by atoms with Gasteiger partial charge < -0.3 is 0 Å². The van der Waals surface area contributed by atoms with E-state index in [-0.39, 0.29) is 4.90 Å². The Hall–Kier alpha value is -0.940. The first-order chi connectivity index (χ1) is 6.50. The fraction of sp³-hybridized carbons (Fsp3) is 0.333. The summed E-state index contributed by atoms with van der Waals surface area (Å²) in [6.45, 7) is 2.01. The second kappa shape index (κ2) is 4.06. The van der Waals surface area contributed by atoms with Gasteiger partial charge in [-0.2, -0.15) is 0 Å². The summed E-state index contributed by atoms with van der Waals surface area (Å²) >= 11 is 0. The van der Waals surface area contributed by atoms with E-state index in [1.54, 1.807) is 6.92 Å².